The summed E-state index contributed by atoms with van der Waals surface area (Å²) in [5.74, 6) is -0.0575. The lowest BCUT2D eigenvalue weighted by Crippen LogP contribution is -2.45. The van der Waals surface area contributed by atoms with E-state index in [0.717, 1.165) is 51.4 Å². The molecule has 0 aliphatic carbocycles. The van der Waals surface area contributed by atoms with Crippen molar-refractivity contribution in [3.63, 3.8) is 0 Å². The first-order valence-electron chi connectivity index (χ1n) is 30.4. The largest absolute Gasteiger partial charge is 0.466 e. The van der Waals surface area contributed by atoms with Gasteiger partial charge in [0.25, 0.3) is 0 Å². The van der Waals surface area contributed by atoms with Gasteiger partial charge < -0.3 is 20.3 Å². The molecule has 0 fully saturated rings. The van der Waals surface area contributed by atoms with Crippen LogP contribution in [0.25, 0.3) is 0 Å². The first kappa shape index (κ1) is 65.6. The summed E-state index contributed by atoms with van der Waals surface area (Å²) < 4.78 is 5.46. The number of esters is 1. The van der Waals surface area contributed by atoms with Gasteiger partial charge in [0.15, 0.2) is 0 Å². The zero-order valence-corrected chi connectivity index (χ0v) is 45.4. The van der Waals surface area contributed by atoms with E-state index in [9.17, 15) is 19.8 Å². The lowest BCUT2D eigenvalue weighted by atomic mass is 10.0. The van der Waals surface area contributed by atoms with Crippen molar-refractivity contribution >= 4 is 11.9 Å². The number of amides is 1. The van der Waals surface area contributed by atoms with Crippen molar-refractivity contribution in [2.45, 2.75) is 353 Å². The lowest BCUT2D eigenvalue weighted by molar-refractivity contribution is -0.143. The predicted molar refractivity (Wildman–Crippen MR) is 292 cm³/mol. The maximum absolute atomic E-state index is 12.5. The molecule has 67 heavy (non-hydrogen) atoms. The van der Waals surface area contributed by atoms with Gasteiger partial charge in [-0.15, -0.1) is 0 Å². The summed E-state index contributed by atoms with van der Waals surface area (Å²) in [5.41, 5.74) is 0. The van der Waals surface area contributed by atoms with Gasteiger partial charge in [-0.05, 0) is 51.4 Å². The highest BCUT2D eigenvalue weighted by Crippen LogP contribution is 2.18. The molecule has 0 saturated carbocycles. The molecule has 6 heteroatoms. The van der Waals surface area contributed by atoms with E-state index in [1.165, 1.54) is 257 Å². The smallest absolute Gasteiger partial charge is 0.305 e. The number of unbranched alkanes of at least 4 members (excludes halogenated alkanes) is 44. The molecule has 6 nitrogen and oxygen atoms in total. The van der Waals surface area contributed by atoms with Crippen molar-refractivity contribution < 1.29 is 24.5 Å². The number of aliphatic hydroxyl groups is 2. The maximum Gasteiger partial charge on any atom is 0.305 e. The van der Waals surface area contributed by atoms with Crippen LogP contribution < -0.4 is 5.32 Å². The van der Waals surface area contributed by atoms with Crippen LogP contribution >= 0.6 is 0 Å². The third-order valence-electron chi connectivity index (χ3n) is 14.3. The Morgan fingerprint density at radius 2 is 0.701 bits per heavy atom. The normalized spacial score (nSPS) is 12.6. The number of carbonyl (C=O) groups excluding carboxylic acids is 2. The minimum Gasteiger partial charge on any atom is -0.466 e. The topological polar surface area (TPSA) is 95.9 Å². The number of aliphatic hydroxyl groups excluding tert-OH is 2. The Bertz CT molecular complexity index is 1000. The molecule has 0 bridgehead atoms. The van der Waals surface area contributed by atoms with Gasteiger partial charge in [-0.2, -0.15) is 0 Å². The first-order valence-corrected chi connectivity index (χ1v) is 30.4. The van der Waals surface area contributed by atoms with E-state index in [0.29, 0.717) is 25.9 Å². The van der Waals surface area contributed by atoms with Crippen LogP contribution in [0.1, 0.15) is 341 Å². The zero-order chi connectivity index (χ0) is 48.6. The number of rotatable bonds is 57. The molecule has 398 valence electrons. The van der Waals surface area contributed by atoms with E-state index < -0.39 is 12.1 Å². The standard InChI is InChI=1S/C61H119NO5/c1-3-5-7-9-11-13-15-17-18-19-20-21-22-23-24-25-26-27-30-33-37-41-45-49-53-59(64)58(57-63)62-60(65)54-50-46-42-38-34-31-28-32-36-40-44-48-52-56-67-61(66)55-51-47-43-39-35-29-16-14-12-10-8-6-4-2/h14,16,58-59,63-64H,3-13,15,17-57H2,1-2H3,(H,62,65)/b16-14-. The molecule has 0 saturated heterocycles. The Morgan fingerprint density at radius 1 is 0.403 bits per heavy atom. The molecule has 0 aromatic rings. The van der Waals surface area contributed by atoms with Crippen LogP contribution in [0, 0.1) is 0 Å². The predicted octanol–water partition coefficient (Wildman–Crippen LogP) is 18.9. The number of hydrogen-bond donors (Lipinski definition) is 3. The molecular formula is C61H119NO5. The molecule has 0 rings (SSSR count). The fourth-order valence-corrected chi connectivity index (χ4v) is 9.64. The SMILES string of the molecule is CCCCCC/C=C\CCCCCCCC(=O)OCCCCCCCCCCCCCCCC(=O)NC(CO)C(O)CCCCCCCCCCCCCCCCCCCCCCCCCC. The Labute approximate surface area is 419 Å². The summed E-state index contributed by atoms with van der Waals surface area (Å²) in [4.78, 5) is 24.5. The van der Waals surface area contributed by atoms with Crippen LogP contribution in [0.3, 0.4) is 0 Å². The maximum atomic E-state index is 12.5. The van der Waals surface area contributed by atoms with Crippen molar-refractivity contribution in [3.8, 4) is 0 Å². The number of allylic oxidation sites excluding steroid dienone is 2. The van der Waals surface area contributed by atoms with Crippen LogP contribution in [-0.4, -0.2) is 47.4 Å². The second kappa shape index (κ2) is 57.2. The lowest BCUT2D eigenvalue weighted by Gasteiger charge is -2.22. The van der Waals surface area contributed by atoms with E-state index in [2.05, 4.69) is 31.3 Å². The summed E-state index contributed by atoms with van der Waals surface area (Å²) in [5, 5.41) is 23.4. The van der Waals surface area contributed by atoms with Gasteiger partial charge in [0.05, 0.1) is 25.4 Å². The molecule has 0 aromatic carbocycles. The average molecular weight is 947 g/mol. The first-order chi connectivity index (χ1) is 33.0. The van der Waals surface area contributed by atoms with Gasteiger partial charge in [-0.25, -0.2) is 0 Å². The minimum atomic E-state index is -0.674. The molecule has 1 amide bonds. The van der Waals surface area contributed by atoms with Gasteiger partial charge in [0.2, 0.25) is 5.91 Å². The van der Waals surface area contributed by atoms with Crippen molar-refractivity contribution in [2.75, 3.05) is 13.2 Å². The number of carbonyl (C=O) groups is 2. The molecule has 2 atom stereocenters. The number of hydrogen-bond acceptors (Lipinski definition) is 5. The van der Waals surface area contributed by atoms with E-state index >= 15 is 0 Å². The molecule has 0 heterocycles. The van der Waals surface area contributed by atoms with Crippen LogP contribution in [-0.2, 0) is 14.3 Å². The van der Waals surface area contributed by atoms with E-state index in [1.807, 2.05) is 0 Å². The molecule has 2 unspecified atom stereocenters. The highest BCUT2D eigenvalue weighted by Gasteiger charge is 2.20. The van der Waals surface area contributed by atoms with Crippen LogP contribution in [0.15, 0.2) is 12.2 Å². The monoisotopic (exact) mass is 946 g/mol. The van der Waals surface area contributed by atoms with E-state index in [4.69, 9.17) is 4.74 Å². The van der Waals surface area contributed by atoms with E-state index in [-0.39, 0.29) is 18.5 Å². The summed E-state index contributed by atoms with van der Waals surface area (Å²) in [6, 6.07) is -0.552. The van der Waals surface area contributed by atoms with Gasteiger partial charge in [-0.3, -0.25) is 9.59 Å². The van der Waals surface area contributed by atoms with Crippen molar-refractivity contribution in [1.82, 2.24) is 5.32 Å². The quantitative estimate of drug-likeness (QED) is 0.0321. The number of ether oxygens (including phenoxy) is 1. The summed E-state index contributed by atoms with van der Waals surface area (Å²) in [6.45, 7) is 4.93. The molecule has 0 aromatic heterocycles. The van der Waals surface area contributed by atoms with Crippen LogP contribution in [0.5, 0.6) is 0 Å². The third-order valence-corrected chi connectivity index (χ3v) is 14.3. The molecular weight excluding hydrogens is 827 g/mol. The van der Waals surface area contributed by atoms with Crippen molar-refractivity contribution in [1.29, 1.82) is 0 Å². The summed E-state index contributed by atoms with van der Waals surface area (Å²) in [7, 11) is 0. The Hall–Kier alpha value is -1.40. The molecule has 3 N–H and O–H groups in total. The van der Waals surface area contributed by atoms with Crippen LogP contribution in [0.2, 0.25) is 0 Å². The highest BCUT2D eigenvalue weighted by atomic mass is 16.5. The Balaban J connectivity index is 3.44. The molecule has 0 aliphatic rings. The van der Waals surface area contributed by atoms with Crippen LogP contribution in [0.4, 0.5) is 0 Å². The van der Waals surface area contributed by atoms with Gasteiger partial charge >= 0.3 is 5.97 Å². The third kappa shape index (κ3) is 53.8. The second-order valence-corrected chi connectivity index (χ2v) is 21.0. The second-order valence-electron chi connectivity index (χ2n) is 21.0. The fourth-order valence-electron chi connectivity index (χ4n) is 9.64. The minimum absolute atomic E-state index is 0.0134. The molecule has 0 spiro atoms. The van der Waals surface area contributed by atoms with Gasteiger partial charge in [-0.1, -0.05) is 289 Å². The zero-order valence-electron chi connectivity index (χ0n) is 45.4. The summed E-state index contributed by atoms with van der Waals surface area (Å²) >= 11 is 0. The van der Waals surface area contributed by atoms with E-state index in [1.54, 1.807) is 0 Å². The summed E-state index contributed by atoms with van der Waals surface area (Å²) in [6.07, 6.45) is 67.8. The fraction of sp³-hybridized carbons (Fsp3) is 0.934. The van der Waals surface area contributed by atoms with Crippen molar-refractivity contribution in [3.05, 3.63) is 12.2 Å². The van der Waals surface area contributed by atoms with Gasteiger partial charge in [0, 0.05) is 12.8 Å². The van der Waals surface area contributed by atoms with Crippen molar-refractivity contribution in [2.24, 2.45) is 0 Å². The average Bonchev–Trinajstić information content (AvgIpc) is 3.33. The molecule has 0 aliphatic heterocycles. The Kier molecular flexibility index (Phi) is 56.0. The Morgan fingerprint density at radius 3 is 1.07 bits per heavy atom. The highest BCUT2D eigenvalue weighted by molar-refractivity contribution is 5.76. The number of nitrogens with one attached hydrogen (secondary N) is 1. The molecule has 0 radical (unpaired) electrons. The van der Waals surface area contributed by atoms with Gasteiger partial charge in [0.1, 0.15) is 0 Å².